The van der Waals surface area contributed by atoms with Gasteiger partial charge in [-0.1, -0.05) is 0 Å². The van der Waals surface area contributed by atoms with Gasteiger partial charge >= 0.3 is 0 Å². The van der Waals surface area contributed by atoms with Crippen molar-refractivity contribution < 1.29 is 4.79 Å². The molecule has 1 aromatic heterocycles. The molecule has 1 rings (SSSR count). The lowest BCUT2D eigenvalue weighted by Gasteiger charge is -1.88. The predicted molar refractivity (Wildman–Crippen MR) is 40.2 cm³/mol. The van der Waals surface area contributed by atoms with Crippen LogP contribution in [0, 0.1) is 0 Å². The van der Waals surface area contributed by atoms with Crippen LogP contribution in [0.3, 0.4) is 0 Å². The summed E-state index contributed by atoms with van der Waals surface area (Å²) in [6.45, 7) is 0. The van der Waals surface area contributed by atoms with Crippen molar-refractivity contribution in [1.29, 1.82) is 0 Å². The minimum absolute atomic E-state index is 0.231. The minimum Gasteiger partial charge on any atom is -0.327 e. The van der Waals surface area contributed by atoms with E-state index in [4.69, 9.17) is 0 Å². The molecule has 10 heavy (non-hydrogen) atoms. The molecule has 0 fully saturated rings. The lowest BCUT2D eigenvalue weighted by molar-refractivity contribution is 0.112. The number of aldehydes is 1. The number of aromatic amines is 1. The maximum atomic E-state index is 10.7. The average molecular weight is 202 g/mol. The third kappa shape index (κ3) is 1.33. The van der Waals surface area contributed by atoms with Crippen LogP contribution >= 0.6 is 15.9 Å². The molecule has 0 unspecified atom stereocenters. The van der Waals surface area contributed by atoms with E-state index in [1.165, 1.54) is 12.3 Å². The van der Waals surface area contributed by atoms with Crippen molar-refractivity contribution in [3.8, 4) is 0 Å². The van der Waals surface area contributed by atoms with Gasteiger partial charge in [-0.3, -0.25) is 9.59 Å². The van der Waals surface area contributed by atoms with E-state index in [0.717, 1.165) is 0 Å². The van der Waals surface area contributed by atoms with E-state index in [0.29, 0.717) is 16.3 Å². The number of pyridine rings is 1. The molecule has 0 aliphatic carbocycles. The molecule has 0 saturated heterocycles. The quantitative estimate of drug-likeness (QED) is 0.689. The number of H-pyrrole nitrogens is 1. The van der Waals surface area contributed by atoms with Crippen LogP contribution in [-0.4, -0.2) is 11.3 Å². The molecular weight excluding hydrogens is 198 g/mol. The van der Waals surface area contributed by atoms with Crippen LogP contribution in [0.15, 0.2) is 21.5 Å². The van der Waals surface area contributed by atoms with Crippen LogP contribution in [0.4, 0.5) is 0 Å². The summed E-state index contributed by atoms with van der Waals surface area (Å²) in [5, 5.41) is 0. The maximum Gasteiger partial charge on any atom is 0.262 e. The minimum atomic E-state index is -0.231. The molecule has 3 nitrogen and oxygen atoms in total. The number of carbonyl (C=O) groups is 1. The zero-order valence-corrected chi connectivity index (χ0v) is 6.51. The molecule has 0 aromatic carbocycles. The van der Waals surface area contributed by atoms with Gasteiger partial charge in [0.1, 0.15) is 0 Å². The third-order valence-corrected chi connectivity index (χ3v) is 1.61. The van der Waals surface area contributed by atoms with Gasteiger partial charge in [0.15, 0.2) is 6.29 Å². The molecule has 1 aromatic rings. The molecule has 4 heteroatoms. The van der Waals surface area contributed by atoms with Crippen molar-refractivity contribution in [3.63, 3.8) is 0 Å². The molecule has 0 atom stereocenters. The third-order valence-electron chi connectivity index (χ3n) is 1.02. The Morgan fingerprint density at radius 3 is 2.80 bits per heavy atom. The van der Waals surface area contributed by atoms with Crippen molar-refractivity contribution >= 4 is 22.2 Å². The number of hydrogen-bond donors (Lipinski definition) is 1. The maximum absolute atomic E-state index is 10.7. The van der Waals surface area contributed by atoms with Crippen LogP contribution in [0.5, 0.6) is 0 Å². The van der Waals surface area contributed by atoms with E-state index in [1.807, 2.05) is 0 Å². The fraction of sp³-hybridized carbons (Fsp3) is 0. The molecule has 0 amide bonds. The summed E-state index contributed by atoms with van der Waals surface area (Å²) in [5.41, 5.74) is 0.220. The lowest BCUT2D eigenvalue weighted by atomic mass is 10.3. The van der Waals surface area contributed by atoms with E-state index < -0.39 is 0 Å². The number of halogens is 1. The fourth-order valence-corrected chi connectivity index (χ4v) is 0.918. The molecule has 1 heterocycles. The molecule has 52 valence electrons. The summed E-state index contributed by atoms with van der Waals surface area (Å²) in [5.74, 6) is 0. The molecule has 0 aliphatic heterocycles. The van der Waals surface area contributed by atoms with Gasteiger partial charge in [-0.2, -0.15) is 0 Å². The van der Waals surface area contributed by atoms with Crippen molar-refractivity contribution in [1.82, 2.24) is 4.98 Å². The van der Waals surface area contributed by atoms with Gasteiger partial charge in [0.25, 0.3) is 5.56 Å². The Morgan fingerprint density at radius 1 is 1.60 bits per heavy atom. The van der Waals surface area contributed by atoms with E-state index in [1.54, 1.807) is 0 Å². The highest BCUT2D eigenvalue weighted by Gasteiger charge is 1.94. The number of aromatic nitrogens is 1. The van der Waals surface area contributed by atoms with E-state index in [9.17, 15) is 9.59 Å². The van der Waals surface area contributed by atoms with E-state index in [-0.39, 0.29) is 5.56 Å². The highest BCUT2D eigenvalue weighted by atomic mass is 79.9. The first kappa shape index (κ1) is 7.21. The topological polar surface area (TPSA) is 49.9 Å². The Morgan fingerprint density at radius 2 is 2.30 bits per heavy atom. The standard InChI is InChI=1S/C6H4BrNO2/c7-5-1-4(3-9)2-8-6(5)10/h1-3H,(H,8,10). The first-order chi connectivity index (χ1) is 4.74. The summed E-state index contributed by atoms with van der Waals surface area (Å²) in [6.07, 6.45) is 2.03. The van der Waals surface area contributed by atoms with Crippen LogP contribution in [0.25, 0.3) is 0 Å². The highest BCUT2D eigenvalue weighted by molar-refractivity contribution is 9.10. The smallest absolute Gasteiger partial charge is 0.262 e. The second kappa shape index (κ2) is 2.79. The Balaban J connectivity index is 3.29. The monoisotopic (exact) mass is 201 g/mol. The van der Waals surface area contributed by atoms with Gasteiger partial charge in [0.05, 0.1) is 4.47 Å². The van der Waals surface area contributed by atoms with Gasteiger partial charge in [-0.15, -0.1) is 0 Å². The zero-order valence-electron chi connectivity index (χ0n) is 4.93. The van der Waals surface area contributed by atoms with Gasteiger partial charge in [-0.25, -0.2) is 0 Å². The highest BCUT2D eigenvalue weighted by Crippen LogP contribution is 2.02. The van der Waals surface area contributed by atoms with Gasteiger partial charge in [0, 0.05) is 11.8 Å². The van der Waals surface area contributed by atoms with Crippen molar-refractivity contribution in [2.45, 2.75) is 0 Å². The van der Waals surface area contributed by atoms with Crippen molar-refractivity contribution in [2.75, 3.05) is 0 Å². The van der Waals surface area contributed by atoms with Gasteiger partial charge in [0.2, 0.25) is 0 Å². The molecule has 0 saturated carbocycles. The van der Waals surface area contributed by atoms with E-state index >= 15 is 0 Å². The van der Waals surface area contributed by atoms with Crippen LogP contribution in [0.1, 0.15) is 10.4 Å². The number of rotatable bonds is 1. The summed E-state index contributed by atoms with van der Waals surface area (Å²) in [7, 11) is 0. The molecule has 0 aliphatic rings. The predicted octanol–water partition coefficient (Wildman–Crippen LogP) is 0.950. The summed E-state index contributed by atoms with van der Waals surface area (Å²) >= 11 is 2.98. The second-order valence-corrected chi connectivity index (χ2v) is 2.58. The van der Waals surface area contributed by atoms with E-state index in [2.05, 4.69) is 20.9 Å². The van der Waals surface area contributed by atoms with Crippen molar-refractivity contribution in [3.05, 3.63) is 32.7 Å². The van der Waals surface area contributed by atoms with Gasteiger partial charge in [-0.05, 0) is 22.0 Å². The Labute approximate surface area is 65.2 Å². The van der Waals surface area contributed by atoms with Crippen LogP contribution in [-0.2, 0) is 0 Å². The number of nitrogens with one attached hydrogen (secondary N) is 1. The molecular formula is C6H4BrNO2. The normalized spacial score (nSPS) is 9.30. The first-order valence-electron chi connectivity index (χ1n) is 2.57. The molecule has 0 radical (unpaired) electrons. The summed E-state index contributed by atoms with van der Waals surface area (Å²) in [6, 6.07) is 1.46. The van der Waals surface area contributed by atoms with Gasteiger partial charge < -0.3 is 4.98 Å². The van der Waals surface area contributed by atoms with Crippen LogP contribution in [0.2, 0.25) is 0 Å². The lowest BCUT2D eigenvalue weighted by Crippen LogP contribution is -2.05. The second-order valence-electron chi connectivity index (χ2n) is 1.73. The van der Waals surface area contributed by atoms with Crippen molar-refractivity contribution in [2.24, 2.45) is 0 Å². The number of carbonyl (C=O) groups excluding carboxylic acids is 1. The Hall–Kier alpha value is -0.900. The molecule has 0 bridgehead atoms. The zero-order chi connectivity index (χ0) is 7.56. The average Bonchev–Trinajstić information content (AvgIpc) is 1.95. The fourth-order valence-electron chi connectivity index (χ4n) is 0.539. The molecule has 0 spiro atoms. The summed E-state index contributed by atoms with van der Waals surface area (Å²) in [4.78, 5) is 23.2. The largest absolute Gasteiger partial charge is 0.327 e. The Bertz CT molecular complexity index is 305. The Kier molecular flexibility index (Phi) is 2.01. The summed E-state index contributed by atoms with van der Waals surface area (Å²) < 4.78 is 0.372. The molecule has 1 N–H and O–H groups in total. The van der Waals surface area contributed by atoms with Crippen LogP contribution < -0.4 is 5.56 Å². The first-order valence-corrected chi connectivity index (χ1v) is 3.37. The number of hydrogen-bond acceptors (Lipinski definition) is 2. The SMILES string of the molecule is O=Cc1c[nH]c(=O)c(Br)c1.